The maximum Gasteiger partial charge on any atom is 0.211 e. The Morgan fingerprint density at radius 1 is 1.36 bits per heavy atom. The molecule has 0 saturated carbocycles. The second kappa shape index (κ2) is 3.58. The lowest BCUT2D eigenvalue weighted by Gasteiger charge is -2.00. The molecule has 0 aliphatic rings. The third-order valence-corrected chi connectivity index (χ3v) is 1.22. The average molecular weight is 152 g/mol. The van der Waals surface area contributed by atoms with Gasteiger partial charge in [0.1, 0.15) is 0 Å². The molecule has 0 fully saturated rings. The topological polar surface area (TPSA) is 61.4 Å². The number of nitrogens with one attached hydrogen (secondary N) is 2. The van der Waals surface area contributed by atoms with E-state index in [1.54, 1.807) is 24.3 Å². The summed E-state index contributed by atoms with van der Waals surface area (Å²) in [6, 6.07) is 6.71. The van der Waals surface area contributed by atoms with Gasteiger partial charge in [-0.25, -0.2) is 0 Å². The van der Waals surface area contributed by atoms with Crippen molar-refractivity contribution in [1.82, 2.24) is 0 Å². The molecule has 0 saturated heterocycles. The fourth-order valence-electron chi connectivity index (χ4n) is 0.747. The molecule has 0 unspecified atom stereocenters. The molecular weight excluding hydrogens is 144 g/mol. The molecule has 58 valence electrons. The quantitative estimate of drug-likeness (QED) is 0.448. The number of rotatable bonds is 3. The second-order valence-electron chi connectivity index (χ2n) is 1.95. The molecule has 4 nitrogen and oxygen atoms in total. The van der Waals surface area contributed by atoms with Gasteiger partial charge in [0.25, 0.3) is 0 Å². The van der Waals surface area contributed by atoms with Crippen molar-refractivity contribution in [2.45, 2.75) is 0 Å². The van der Waals surface area contributed by atoms with E-state index in [2.05, 4.69) is 5.32 Å². The zero-order valence-corrected chi connectivity index (χ0v) is 5.74. The highest BCUT2D eigenvalue weighted by Crippen LogP contribution is 2.12. The lowest BCUT2D eigenvalue weighted by molar-refractivity contribution is -0.105. The van der Waals surface area contributed by atoms with Gasteiger partial charge >= 0.3 is 0 Å². The van der Waals surface area contributed by atoms with E-state index in [-0.39, 0.29) is 0 Å². The van der Waals surface area contributed by atoms with Crippen molar-refractivity contribution in [1.29, 1.82) is 0 Å². The van der Waals surface area contributed by atoms with E-state index in [1.165, 1.54) is 0 Å². The van der Waals surface area contributed by atoms with Crippen molar-refractivity contribution in [2.24, 2.45) is 0 Å². The summed E-state index contributed by atoms with van der Waals surface area (Å²) in [6.07, 6.45) is 0.580. The van der Waals surface area contributed by atoms with Gasteiger partial charge in [0.05, 0.1) is 5.69 Å². The van der Waals surface area contributed by atoms with Crippen LogP contribution in [0.2, 0.25) is 0 Å². The molecule has 0 aliphatic carbocycles. The monoisotopic (exact) mass is 152 g/mol. The lowest BCUT2D eigenvalue weighted by Crippen LogP contribution is -1.95. The first-order chi connectivity index (χ1) is 5.36. The standard InChI is InChI=1S/C7H8N2O2/c10-5-8-6-2-1-3-7(4-6)9-11/h1-5,9,11H,(H,8,10). The van der Waals surface area contributed by atoms with Crippen molar-refractivity contribution in [3.05, 3.63) is 24.3 Å². The number of hydrogen-bond acceptors (Lipinski definition) is 3. The summed E-state index contributed by atoms with van der Waals surface area (Å²) in [5.74, 6) is 0. The summed E-state index contributed by atoms with van der Waals surface area (Å²) in [5, 5.41) is 10.9. The minimum absolute atomic E-state index is 0.539. The number of anilines is 2. The molecule has 3 N–H and O–H groups in total. The Hall–Kier alpha value is -1.55. The first-order valence-electron chi connectivity index (χ1n) is 3.07. The van der Waals surface area contributed by atoms with Crippen molar-refractivity contribution >= 4 is 17.8 Å². The van der Waals surface area contributed by atoms with Crippen LogP contribution in [0.15, 0.2) is 24.3 Å². The highest BCUT2D eigenvalue weighted by molar-refractivity contribution is 5.73. The third kappa shape index (κ3) is 1.94. The third-order valence-electron chi connectivity index (χ3n) is 1.22. The van der Waals surface area contributed by atoms with E-state index in [4.69, 9.17) is 5.21 Å². The second-order valence-corrected chi connectivity index (χ2v) is 1.95. The molecule has 0 aromatic heterocycles. The van der Waals surface area contributed by atoms with Crippen molar-refractivity contribution < 1.29 is 10.0 Å². The first-order valence-corrected chi connectivity index (χ1v) is 3.07. The summed E-state index contributed by atoms with van der Waals surface area (Å²) >= 11 is 0. The van der Waals surface area contributed by atoms with Gasteiger partial charge in [-0.05, 0) is 18.2 Å². The Morgan fingerprint density at radius 3 is 2.73 bits per heavy atom. The summed E-state index contributed by atoms with van der Waals surface area (Å²) in [5.41, 5.74) is 3.15. The fraction of sp³-hybridized carbons (Fsp3) is 0. The highest BCUT2D eigenvalue weighted by Gasteiger charge is 1.90. The van der Waals surface area contributed by atoms with Gasteiger partial charge in [-0.1, -0.05) is 6.07 Å². The molecule has 0 bridgehead atoms. The molecule has 1 rings (SSSR count). The van der Waals surface area contributed by atoms with Crippen LogP contribution in [0.4, 0.5) is 11.4 Å². The van der Waals surface area contributed by atoms with Gasteiger partial charge in [-0.3, -0.25) is 15.5 Å². The van der Waals surface area contributed by atoms with Crippen LogP contribution in [0.25, 0.3) is 0 Å². The maximum atomic E-state index is 9.98. The minimum Gasteiger partial charge on any atom is -0.329 e. The van der Waals surface area contributed by atoms with E-state index < -0.39 is 0 Å². The number of carbonyl (C=O) groups is 1. The number of amides is 1. The normalized spacial score (nSPS) is 8.82. The van der Waals surface area contributed by atoms with Crippen molar-refractivity contribution in [2.75, 3.05) is 10.8 Å². The van der Waals surface area contributed by atoms with Gasteiger partial charge in [0, 0.05) is 5.69 Å². The summed E-state index contributed by atoms with van der Waals surface area (Å²) < 4.78 is 0. The highest BCUT2D eigenvalue weighted by atomic mass is 16.5. The molecule has 1 aromatic carbocycles. The molecular formula is C7H8N2O2. The molecule has 0 atom stereocenters. The molecule has 1 amide bonds. The van der Waals surface area contributed by atoms with E-state index in [1.807, 2.05) is 5.48 Å². The van der Waals surface area contributed by atoms with Crippen LogP contribution < -0.4 is 10.8 Å². The smallest absolute Gasteiger partial charge is 0.211 e. The maximum absolute atomic E-state index is 9.98. The summed E-state index contributed by atoms with van der Waals surface area (Å²) in [7, 11) is 0. The Morgan fingerprint density at radius 2 is 2.09 bits per heavy atom. The van der Waals surface area contributed by atoms with E-state index in [9.17, 15) is 4.79 Å². The van der Waals surface area contributed by atoms with Crippen LogP contribution in [-0.2, 0) is 4.79 Å². The van der Waals surface area contributed by atoms with E-state index in [0.29, 0.717) is 17.8 Å². The van der Waals surface area contributed by atoms with Gasteiger partial charge in [-0.2, -0.15) is 0 Å². The molecule has 11 heavy (non-hydrogen) atoms. The van der Waals surface area contributed by atoms with Gasteiger partial charge in [0.15, 0.2) is 0 Å². The zero-order chi connectivity index (χ0) is 8.10. The Bertz CT molecular complexity index is 250. The van der Waals surface area contributed by atoms with E-state index in [0.717, 1.165) is 0 Å². The van der Waals surface area contributed by atoms with Crippen LogP contribution in [0.1, 0.15) is 0 Å². The first kappa shape index (κ1) is 7.56. The Labute approximate surface area is 63.8 Å². The average Bonchev–Trinajstić information content (AvgIpc) is 2.06. The van der Waals surface area contributed by atoms with Crippen molar-refractivity contribution in [3.8, 4) is 0 Å². The number of hydrogen-bond donors (Lipinski definition) is 3. The number of benzene rings is 1. The zero-order valence-electron chi connectivity index (χ0n) is 5.74. The lowest BCUT2D eigenvalue weighted by atomic mass is 10.3. The molecule has 1 aromatic rings. The molecule has 0 radical (unpaired) electrons. The largest absolute Gasteiger partial charge is 0.329 e. The minimum atomic E-state index is 0.539. The SMILES string of the molecule is O=CNc1cccc(NO)c1. The predicted octanol–water partition coefficient (Wildman–Crippen LogP) is 1.06. The Kier molecular flexibility index (Phi) is 2.46. The van der Waals surface area contributed by atoms with Gasteiger partial charge in [0.2, 0.25) is 6.41 Å². The number of carbonyl (C=O) groups excluding carboxylic acids is 1. The molecule has 0 spiro atoms. The molecule has 0 heterocycles. The fourth-order valence-corrected chi connectivity index (χ4v) is 0.747. The summed E-state index contributed by atoms with van der Waals surface area (Å²) in [6.45, 7) is 0. The van der Waals surface area contributed by atoms with Crippen LogP contribution in [-0.4, -0.2) is 11.6 Å². The van der Waals surface area contributed by atoms with E-state index >= 15 is 0 Å². The van der Waals surface area contributed by atoms with Crippen LogP contribution in [0, 0.1) is 0 Å². The van der Waals surface area contributed by atoms with Gasteiger partial charge < -0.3 is 5.32 Å². The predicted molar refractivity (Wildman–Crippen MR) is 41.5 cm³/mol. The van der Waals surface area contributed by atoms with Gasteiger partial charge in [-0.15, -0.1) is 0 Å². The van der Waals surface area contributed by atoms with Crippen molar-refractivity contribution in [3.63, 3.8) is 0 Å². The molecule has 4 heteroatoms. The van der Waals surface area contributed by atoms with Crippen LogP contribution in [0.3, 0.4) is 0 Å². The van der Waals surface area contributed by atoms with Crippen LogP contribution >= 0.6 is 0 Å². The molecule has 0 aliphatic heterocycles. The van der Waals surface area contributed by atoms with Crippen LogP contribution in [0.5, 0.6) is 0 Å². The Balaban J connectivity index is 2.82. The summed E-state index contributed by atoms with van der Waals surface area (Å²) in [4.78, 5) is 9.98.